The minimum absolute atomic E-state index is 1.27. The molecular formula is C40H24S. The maximum atomic E-state index is 2.43. The van der Waals surface area contributed by atoms with Gasteiger partial charge in [-0.2, -0.15) is 0 Å². The standard InChI is InChI=1S/C40H24S/c1-2-12-27-25(10-1)11-9-18-28(27)36-24-38-30-14-4-3-13-29(30)35(23-37(38)32-16-6-5-15-31(32)36)26-20-21-34-33-17-7-8-19-39(33)41-40(34)22-26/h1-24H. The maximum absolute atomic E-state index is 2.43. The summed E-state index contributed by atoms with van der Waals surface area (Å²) < 4.78 is 2.68. The third-order valence-corrected chi connectivity index (χ3v) is 9.79. The van der Waals surface area contributed by atoms with Crippen molar-refractivity contribution in [3.05, 3.63) is 146 Å². The number of hydrogen-bond donors (Lipinski definition) is 0. The smallest absolute Gasteiger partial charge is 0.0361 e. The van der Waals surface area contributed by atoms with Crippen LogP contribution in [0, 0.1) is 0 Å². The summed E-state index contributed by atoms with van der Waals surface area (Å²) in [5.41, 5.74) is 5.12. The second kappa shape index (κ2) is 8.76. The molecule has 0 fully saturated rings. The molecule has 0 spiro atoms. The fraction of sp³-hybridized carbons (Fsp3) is 0. The number of hydrogen-bond acceptors (Lipinski definition) is 1. The largest absolute Gasteiger partial charge is 0.135 e. The van der Waals surface area contributed by atoms with E-state index in [-0.39, 0.29) is 0 Å². The summed E-state index contributed by atoms with van der Waals surface area (Å²) in [6.07, 6.45) is 0. The van der Waals surface area contributed by atoms with Crippen LogP contribution in [-0.4, -0.2) is 0 Å². The summed E-state index contributed by atoms with van der Waals surface area (Å²) in [7, 11) is 0. The van der Waals surface area contributed by atoms with E-state index in [1.165, 1.54) is 85.5 Å². The Morgan fingerprint density at radius 3 is 1.63 bits per heavy atom. The zero-order valence-electron chi connectivity index (χ0n) is 22.3. The van der Waals surface area contributed by atoms with E-state index in [0.29, 0.717) is 0 Å². The average molecular weight is 537 g/mol. The van der Waals surface area contributed by atoms with Gasteiger partial charge in [0.05, 0.1) is 0 Å². The van der Waals surface area contributed by atoms with Gasteiger partial charge in [-0.15, -0.1) is 11.3 Å². The highest BCUT2D eigenvalue weighted by Gasteiger charge is 2.16. The van der Waals surface area contributed by atoms with Gasteiger partial charge < -0.3 is 0 Å². The molecule has 1 heterocycles. The second-order valence-electron chi connectivity index (χ2n) is 10.9. The van der Waals surface area contributed by atoms with Gasteiger partial charge in [0.15, 0.2) is 0 Å². The lowest BCUT2D eigenvalue weighted by Crippen LogP contribution is -1.89. The van der Waals surface area contributed by atoms with Crippen molar-refractivity contribution in [1.82, 2.24) is 0 Å². The van der Waals surface area contributed by atoms with Crippen molar-refractivity contribution < 1.29 is 0 Å². The van der Waals surface area contributed by atoms with Crippen molar-refractivity contribution in [3.63, 3.8) is 0 Å². The zero-order valence-corrected chi connectivity index (χ0v) is 23.1. The number of thiophene rings is 1. The Morgan fingerprint density at radius 2 is 0.854 bits per heavy atom. The Bertz CT molecular complexity index is 2470. The van der Waals surface area contributed by atoms with Crippen LogP contribution in [0.2, 0.25) is 0 Å². The predicted octanol–water partition coefficient (Wildman–Crippen LogP) is 12.0. The van der Waals surface area contributed by atoms with Crippen LogP contribution in [0.25, 0.3) is 85.5 Å². The monoisotopic (exact) mass is 536 g/mol. The van der Waals surface area contributed by atoms with Gasteiger partial charge in [-0.05, 0) is 89.6 Å². The van der Waals surface area contributed by atoms with Crippen molar-refractivity contribution in [2.75, 3.05) is 0 Å². The van der Waals surface area contributed by atoms with Crippen LogP contribution in [0.15, 0.2) is 146 Å². The van der Waals surface area contributed by atoms with Crippen LogP contribution >= 0.6 is 11.3 Å². The highest BCUT2D eigenvalue weighted by Crippen LogP contribution is 2.44. The Balaban J connectivity index is 1.38. The van der Waals surface area contributed by atoms with E-state index in [1.54, 1.807) is 0 Å². The molecule has 0 radical (unpaired) electrons. The van der Waals surface area contributed by atoms with E-state index in [4.69, 9.17) is 0 Å². The minimum atomic E-state index is 1.27. The molecule has 0 bridgehead atoms. The summed E-state index contributed by atoms with van der Waals surface area (Å²) in [6, 6.07) is 53.8. The van der Waals surface area contributed by atoms with Crippen molar-refractivity contribution in [2.45, 2.75) is 0 Å². The summed E-state index contributed by atoms with van der Waals surface area (Å²) in [4.78, 5) is 0. The molecule has 0 saturated carbocycles. The lowest BCUT2D eigenvalue weighted by molar-refractivity contribution is 1.70. The first-order valence-electron chi connectivity index (χ1n) is 14.1. The fourth-order valence-corrected chi connectivity index (χ4v) is 7.91. The van der Waals surface area contributed by atoms with E-state index in [9.17, 15) is 0 Å². The first-order valence-corrected chi connectivity index (χ1v) is 14.9. The molecule has 0 amide bonds. The Labute approximate surface area is 241 Å². The van der Waals surface area contributed by atoms with Crippen LogP contribution < -0.4 is 0 Å². The predicted molar refractivity (Wildman–Crippen MR) is 180 cm³/mol. The van der Waals surface area contributed by atoms with Gasteiger partial charge in [0.25, 0.3) is 0 Å². The first kappa shape index (κ1) is 22.8. The molecule has 9 aromatic rings. The molecule has 1 heteroatoms. The van der Waals surface area contributed by atoms with Crippen molar-refractivity contribution in [1.29, 1.82) is 0 Å². The zero-order chi connectivity index (χ0) is 26.9. The molecule has 8 aromatic carbocycles. The molecule has 0 aliphatic rings. The summed E-state index contributed by atoms with van der Waals surface area (Å²) in [6.45, 7) is 0. The van der Waals surface area contributed by atoms with Gasteiger partial charge in [-0.3, -0.25) is 0 Å². The van der Waals surface area contributed by atoms with Crippen molar-refractivity contribution in [3.8, 4) is 22.3 Å². The molecule has 0 atom stereocenters. The van der Waals surface area contributed by atoms with E-state index in [2.05, 4.69) is 146 Å². The van der Waals surface area contributed by atoms with Gasteiger partial charge in [-0.25, -0.2) is 0 Å². The molecule has 1 aromatic heterocycles. The van der Waals surface area contributed by atoms with Crippen LogP contribution in [0.3, 0.4) is 0 Å². The van der Waals surface area contributed by atoms with E-state index in [0.717, 1.165) is 0 Å². The normalized spacial score (nSPS) is 11.9. The van der Waals surface area contributed by atoms with E-state index < -0.39 is 0 Å². The number of rotatable bonds is 2. The lowest BCUT2D eigenvalue weighted by atomic mass is 9.87. The van der Waals surface area contributed by atoms with E-state index >= 15 is 0 Å². The second-order valence-corrected chi connectivity index (χ2v) is 12.0. The molecule has 41 heavy (non-hydrogen) atoms. The SMILES string of the molecule is c1ccc2c(-c3cc4c5ccccc5c(-c5ccc6c(c5)sc5ccccc56)cc4c4ccccc34)cccc2c1. The summed E-state index contributed by atoms with van der Waals surface area (Å²) >= 11 is 1.88. The highest BCUT2D eigenvalue weighted by molar-refractivity contribution is 7.25. The van der Waals surface area contributed by atoms with Gasteiger partial charge in [0.2, 0.25) is 0 Å². The van der Waals surface area contributed by atoms with Crippen molar-refractivity contribution in [2.24, 2.45) is 0 Å². The Hall–Kier alpha value is -4.98. The number of fused-ring (bicyclic) bond motifs is 9. The number of benzene rings is 8. The first-order chi connectivity index (χ1) is 20.3. The van der Waals surface area contributed by atoms with Crippen LogP contribution in [0.1, 0.15) is 0 Å². The Morgan fingerprint density at radius 1 is 0.293 bits per heavy atom. The molecule has 0 aliphatic heterocycles. The van der Waals surface area contributed by atoms with Gasteiger partial charge in [0, 0.05) is 20.2 Å². The highest BCUT2D eigenvalue weighted by atomic mass is 32.1. The topological polar surface area (TPSA) is 0 Å². The van der Waals surface area contributed by atoms with Gasteiger partial charge >= 0.3 is 0 Å². The molecular weight excluding hydrogens is 513 g/mol. The Kier molecular flexibility index (Phi) is 4.87. The van der Waals surface area contributed by atoms with E-state index in [1.807, 2.05) is 11.3 Å². The lowest BCUT2D eigenvalue weighted by Gasteiger charge is -2.17. The van der Waals surface area contributed by atoms with Crippen LogP contribution in [0.4, 0.5) is 0 Å². The molecule has 0 saturated heterocycles. The molecule has 9 rings (SSSR count). The third kappa shape index (κ3) is 3.40. The molecule has 190 valence electrons. The van der Waals surface area contributed by atoms with Crippen LogP contribution in [0.5, 0.6) is 0 Å². The fourth-order valence-electron chi connectivity index (χ4n) is 6.77. The molecule has 0 nitrogen and oxygen atoms in total. The maximum Gasteiger partial charge on any atom is 0.0361 e. The molecule has 0 aliphatic carbocycles. The molecule has 0 unspecified atom stereocenters. The third-order valence-electron chi connectivity index (χ3n) is 8.65. The van der Waals surface area contributed by atoms with Crippen molar-refractivity contribution >= 4 is 74.6 Å². The molecule has 0 N–H and O–H groups in total. The van der Waals surface area contributed by atoms with Gasteiger partial charge in [0.1, 0.15) is 0 Å². The average Bonchev–Trinajstić information content (AvgIpc) is 3.41. The van der Waals surface area contributed by atoms with Gasteiger partial charge in [-0.1, -0.05) is 121 Å². The minimum Gasteiger partial charge on any atom is -0.135 e. The summed E-state index contributed by atoms with van der Waals surface area (Å²) in [5.74, 6) is 0. The summed E-state index contributed by atoms with van der Waals surface area (Å²) in [5, 5.41) is 13.0. The van der Waals surface area contributed by atoms with Crippen LogP contribution in [-0.2, 0) is 0 Å². The quantitative estimate of drug-likeness (QED) is 0.193.